The van der Waals surface area contributed by atoms with Gasteiger partial charge in [-0.3, -0.25) is 4.79 Å². The van der Waals surface area contributed by atoms with E-state index in [-0.39, 0.29) is 5.91 Å². The van der Waals surface area contributed by atoms with Crippen molar-refractivity contribution in [2.75, 3.05) is 16.8 Å². The largest absolute Gasteiger partial charge is 0.369 e. The molecule has 1 aromatic carbocycles. The minimum Gasteiger partial charge on any atom is -0.369 e. The molecule has 0 saturated heterocycles. The summed E-state index contributed by atoms with van der Waals surface area (Å²) < 4.78 is 5.07. The summed E-state index contributed by atoms with van der Waals surface area (Å²) in [6, 6.07) is 10.0. The van der Waals surface area contributed by atoms with Crippen molar-refractivity contribution in [1.29, 1.82) is 0 Å². The molecule has 0 aliphatic rings. The number of pyridine rings is 1. The molecule has 0 bridgehead atoms. The van der Waals surface area contributed by atoms with Crippen molar-refractivity contribution >= 4 is 28.4 Å². The van der Waals surface area contributed by atoms with Gasteiger partial charge < -0.3 is 14.7 Å². The molecule has 2 heterocycles. The lowest BCUT2D eigenvalue weighted by Gasteiger charge is -2.27. The maximum Gasteiger partial charge on any atom is 0.257 e. The summed E-state index contributed by atoms with van der Waals surface area (Å²) in [6.07, 6.45) is 1.49. The highest BCUT2D eigenvalue weighted by Crippen LogP contribution is 2.21. The highest BCUT2D eigenvalue weighted by molar-refractivity contribution is 6.05. The first-order valence-corrected chi connectivity index (χ1v) is 8.39. The highest BCUT2D eigenvalue weighted by atomic mass is 16.5. The Morgan fingerprint density at radius 1 is 1.28 bits per heavy atom. The monoisotopic (exact) mass is 338 g/mol. The van der Waals surface area contributed by atoms with Crippen molar-refractivity contribution < 1.29 is 9.32 Å². The molecule has 130 valence electrons. The number of hydrogen-bond donors (Lipinski definition) is 1. The summed E-state index contributed by atoms with van der Waals surface area (Å²) in [5.74, 6) is -0.209. The van der Waals surface area contributed by atoms with Crippen LogP contribution in [0.25, 0.3) is 11.1 Å². The molecule has 2 aromatic heterocycles. The van der Waals surface area contributed by atoms with Gasteiger partial charge in [-0.1, -0.05) is 5.16 Å². The number of amides is 1. The number of rotatable bonds is 5. The molecule has 1 N–H and O–H groups in total. The lowest BCUT2D eigenvalue weighted by Crippen LogP contribution is -2.30. The molecular weight excluding hydrogens is 316 g/mol. The van der Waals surface area contributed by atoms with Crippen LogP contribution in [0.15, 0.2) is 41.1 Å². The van der Waals surface area contributed by atoms with Crippen LogP contribution in [0.4, 0.5) is 11.4 Å². The average molecular weight is 338 g/mol. The van der Waals surface area contributed by atoms with E-state index in [0.29, 0.717) is 17.3 Å². The second kappa shape index (κ2) is 6.93. The predicted molar refractivity (Wildman–Crippen MR) is 99.1 cm³/mol. The van der Waals surface area contributed by atoms with Gasteiger partial charge >= 0.3 is 0 Å². The Labute approximate surface area is 146 Å². The fourth-order valence-corrected chi connectivity index (χ4v) is 2.85. The Hall–Kier alpha value is -2.89. The fourth-order valence-electron chi connectivity index (χ4n) is 2.85. The molecule has 0 aliphatic carbocycles. The molecule has 0 fully saturated rings. The van der Waals surface area contributed by atoms with Crippen LogP contribution in [0, 0.1) is 6.92 Å². The first-order valence-electron chi connectivity index (χ1n) is 8.39. The lowest BCUT2D eigenvalue weighted by molar-refractivity contribution is 0.102. The molecule has 0 saturated carbocycles. The van der Waals surface area contributed by atoms with Gasteiger partial charge in [-0.2, -0.15) is 0 Å². The standard InChI is InChI=1S/C19H22N4O2/c1-5-23(12(2)3)16-8-6-15(7-9-16)21-18(24)14-10-17-13(4)22-25-19(17)20-11-14/h6-12H,5H2,1-4H3,(H,21,24). The SMILES string of the molecule is CCN(c1ccc(NC(=O)c2cnc3onc(C)c3c2)cc1)C(C)C. The molecule has 6 heteroatoms. The van der Waals surface area contributed by atoms with Gasteiger partial charge in [0.15, 0.2) is 0 Å². The summed E-state index contributed by atoms with van der Waals surface area (Å²) in [6.45, 7) is 9.21. The van der Waals surface area contributed by atoms with Crippen molar-refractivity contribution in [3.63, 3.8) is 0 Å². The number of nitrogens with zero attached hydrogens (tertiary/aromatic N) is 3. The zero-order valence-corrected chi connectivity index (χ0v) is 14.9. The number of anilines is 2. The van der Waals surface area contributed by atoms with Crippen LogP contribution in [-0.4, -0.2) is 28.6 Å². The second-order valence-electron chi connectivity index (χ2n) is 6.23. The van der Waals surface area contributed by atoms with Gasteiger partial charge in [0.1, 0.15) is 0 Å². The Morgan fingerprint density at radius 2 is 2.00 bits per heavy atom. The van der Waals surface area contributed by atoms with Gasteiger partial charge in [0.05, 0.1) is 16.6 Å². The molecule has 1 amide bonds. The van der Waals surface area contributed by atoms with Gasteiger partial charge in [-0.15, -0.1) is 0 Å². The third kappa shape index (κ3) is 3.47. The van der Waals surface area contributed by atoms with Gasteiger partial charge in [0, 0.05) is 30.2 Å². The third-order valence-electron chi connectivity index (χ3n) is 4.19. The number of carbonyl (C=O) groups excluding carboxylic acids is 1. The summed E-state index contributed by atoms with van der Waals surface area (Å²) >= 11 is 0. The van der Waals surface area contributed by atoms with Crippen molar-refractivity contribution in [3.8, 4) is 0 Å². The zero-order chi connectivity index (χ0) is 18.0. The van der Waals surface area contributed by atoms with Gasteiger partial charge in [-0.05, 0) is 58.0 Å². The molecule has 0 spiro atoms. The van der Waals surface area contributed by atoms with E-state index in [1.807, 2.05) is 31.2 Å². The van der Waals surface area contributed by atoms with E-state index >= 15 is 0 Å². The minimum atomic E-state index is -0.209. The third-order valence-corrected chi connectivity index (χ3v) is 4.19. The maximum absolute atomic E-state index is 12.5. The number of aromatic nitrogens is 2. The van der Waals surface area contributed by atoms with Crippen molar-refractivity contribution in [2.45, 2.75) is 33.7 Å². The maximum atomic E-state index is 12.5. The first-order chi connectivity index (χ1) is 12.0. The number of hydrogen-bond acceptors (Lipinski definition) is 5. The van der Waals surface area contributed by atoms with E-state index in [4.69, 9.17) is 4.52 Å². The zero-order valence-electron chi connectivity index (χ0n) is 14.9. The van der Waals surface area contributed by atoms with E-state index in [0.717, 1.165) is 29.0 Å². The second-order valence-corrected chi connectivity index (χ2v) is 6.23. The number of aryl methyl sites for hydroxylation is 1. The molecule has 0 unspecified atom stereocenters. The number of fused-ring (bicyclic) bond motifs is 1. The van der Waals surface area contributed by atoms with E-state index in [2.05, 4.69) is 41.1 Å². The first kappa shape index (κ1) is 17.0. The fraction of sp³-hybridized carbons (Fsp3) is 0.316. The Bertz CT molecular complexity index is 884. The van der Waals surface area contributed by atoms with E-state index in [9.17, 15) is 4.79 Å². The Morgan fingerprint density at radius 3 is 2.64 bits per heavy atom. The lowest BCUT2D eigenvalue weighted by atomic mass is 10.2. The van der Waals surface area contributed by atoms with E-state index in [1.165, 1.54) is 6.20 Å². The summed E-state index contributed by atoms with van der Waals surface area (Å²) in [5.41, 5.74) is 3.51. The smallest absolute Gasteiger partial charge is 0.257 e. The number of benzene rings is 1. The van der Waals surface area contributed by atoms with Crippen LogP contribution in [0.3, 0.4) is 0 Å². The van der Waals surface area contributed by atoms with Gasteiger partial charge in [0.2, 0.25) is 0 Å². The van der Waals surface area contributed by atoms with E-state index in [1.54, 1.807) is 6.07 Å². The van der Waals surface area contributed by atoms with E-state index < -0.39 is 0 Å². The summed E-state index contributed by atoms with van der Waals surface area (Å²) in [4.78, 5) is 18.9. The van der Waals surface area contributed by atoms with Gasteiger partial charge in [0.25, 0.3) is 11.6 Å². The molecule has 0 radical (unpaired) electrons. The number of nitrogens with one attached hydrogen (secondary N) is 1. The Balaban J connectivity index is 1.76. The van der Waals surface area contributed by atoms with Crippen LogP contribution in [0.1, 0.15) is 36.8 Å². The van der Waals surface area contributed by atoms with Crippen molar-refractivity contribution in [2.24, 2.45) is 0 Å². The van der Waals surface area contributed by atoms with Crippen LogP contribution in [-0.2, 0) is 0 Å². The average Bonchev–Trinajstić information content (AvgIpc) is 2.97. The quantitative estimate of drug-likeness (QED) is 0.761. The summed E-state index contributed by atoms with van der Waals surface area (Å²) in [7, 11) is 0. The predicted octanol–water partition coefficient (Wildman–Crippen LogP) is 4.02. The topological polar surface area (TPSA) is 71.3 Å². The normalized spacial score (nSPS) is 11.1. The van der Waals surface area contributed by atoms with Crippen LogP contribution in [0.5, 0.6) is 0 Å². The molecule has 3 aromatic rings. The highest BCUT2D eigenvalue weighted by Gasteiger charge is 2.12. The number of carbonyl (C=O) groups is 1. The Kier molecular flexibility index (Phi) is 4.70. The molecule has 0 atom stereocenters. The molecule has 25 heavy (non-hydrogen) atoms. The minimum absolute atomic E-state index is 0.209. The van der Waals surface area contributed by atoms with Gasteiger partial charge in [-0.25, -0.2) is 4.98 Å². The molecule has 0 aliphatic heterocycles. The van der Waals surface area contributed by atoms with Crippen LogP contribution >= 0.6 is 0 Å². The molecule has 3 rings (SSSR count). The molecule has 6 nitrogen and oxygen atoms in total. The van der Waals surface area contributed by atoms with Crippen molar-refractivity contribution in [3.05, 3.63) is 47.8 Å². The van der Waals surface area contributed by atoms with Crippen LogP contribution < -0.4 is 10.2 Å². The summed E-state index contributed by atoms with van der Waals surface area (Å²) in [5, 5.41) is 7.50. The van der Waals surface area contributed by atoms with Crippen LogP contribution in [0.2, 0.25) is 0 Å². The van der Waals surface area contributed by atoms with Crippen molar-refractivity contribution in [1.82, 2.24) is 10.1 Å². The molecular formula is C19H22N4O2.